The van der Waals surface area contributed by atoms with Gasteiger partial charge in [-0.3, -0.25) is 0 Å². The fourth-order valence-electron chi connectivity index (χ4n) is 1.35. The zero-order valence-electron chi connectivity index (χ0n) is 12.4. The smallest absolute Gasteiger partial charge is 0.335 e. The fraction of sp³-hybridized carbons (Fsp3) is 0.714. The predicted octanol–water partition coefficient (Wildman–Crippen LogP) is 0.739. The molecule has 7 heteroatoms. The van der Waals surface area contributed by atoms with Crippen LogP contribution in [0.1, 0.15) is 45.4 Å². The summed E-state index contributed by atoms with van der Waals surface area (Å²) >= 11 is 0. The minimum Gasteiger partial charge on any atom is -0.479 e. The maximum absolute atomic E-state index is 9.77. The van der Waals surface area contributed by atoms with E-state index < -0.39 is 24.1 Å². The number of aliphatic hydroxyl groups is 2. The van der Waals surface area contributed by atoms with E-state index in [1.807, 2.05) is 6.08 Å². The van der Waals surface area contributed by atoms with E-state index in [9.17, 15) is 9.59 Å². The van der Waals surface area contributed by atoms with Crippen LogP contribution in [0.3, 0.4) is 0 Å². The lowest BCUT2D eigenvalue weighted by Gasteiger charge is -2.07. The van der Waals surface area contributed by atoms with E-state index in [2.05, 4.69) is 13.0 Å². The number of hydrogen-bond acceptors (Lipinski definition) is 5. The summed E-state index contributed by atoms with van der Waals surface area (Å²) < 4.78 is 0. The molecule has 0 aromatic carbocycles. The third-order valence-electron chi connectivity index (χ3n) is 2.58. The first-order chi connectivity index (χ1) is 9.88. The van der Waals surface area contributed by atoms with Gasteiger partial charge in [0.05, 0.1) is 0 Å². The topological polar surface area (TPSA) is 141 Å². The molecule has 2 unspecified atom stereocenters. The molecule has 0 heterocycles. The number of carboxylic acids is 2. The lowest BCUT2D eigenvalue weighted by atomic mass is 10.1. The van der Waals surface area contributed by atoms with Gasteiger partial charge in [0.25, 0.3) is 0 Å². The lowest BCUT2D eigenvalue weighted by molar-refractivity contribution is -0.165. The van der Waals surface area contributed by atoms with E-state index in [0.29, 0.717) is 6.54 Å². The minimum atomic E-state index is -2.27. The predicted molar refractivity (Wildman–Crippen MR) is 78.9 cm³/mol. The molecule has 7 nitrogen and oxygen atoms in total. The summed E-state index contributed by atoms with van der Waals surface area (Å²) in [6.45, 7) is 2.93. The van der Waals surface area contributed by atoms with E-state index in [1.165, 1.54) is 38.5 Å². The molecular weight excluding hydrogens is 278 g/mol. The Bertz CT molecular complexity index is 288. The molecule has 0 fully saturated rings. The third-order valence-corrected chi connectivity index (χ3v) is 2.58. The van der Waals surface area contributed by atoms with Crippen LogP contribution >= 0.6 is 0 Å². The van der Waals surface area contributed by atoms with Crippen molar-refractivity contribution < 1.29 is 30.0 Å². The highest BCUT2D eigenvalue weighted by Gasteiger charge is 2.29. The molecule has 2 atom stereocenters. The average Bonchev–Trinajstić information content (AvgIpc) is 2.45. The van der Waals surface area contributed by atoms with Gasteiger partial charge >= 0.3 is 11.9 Å². The minimum absolute atomic E-state index is 0.689. The van der Waals surface area contributed by atoms with Crippen LogP contribution in [-0.2, 0) is 9.59 Å². The SMILES string of the molecule is CCCCCCCC=CCN.O=C(O)C(O)C(O)C(=O)O. The molecule has 0 amide bonds. The molecule has 0 bridgehead atoms. The van der Waals surface area contributed by atoms with Gasteiger partial charge in [0.1, 0.15) is 0 Å². The van der Waals surface area contributed by atoms with Crippen molar-refractivity contribution in [3.8, 4) is 0 Å². The third kappa shape index (κ3) is 14.8. The van der Waals surface area contributed by atoms with Crippen molar-refractivity contribution in [3.63, 3.8) is 0 Å². The highest BCUT2D eigenvalue weighted by Crippen LogP contribution is 2.04. The van der Waals surface area contributed by atoms with Gasteiger partial charge in [-0.25, -0.2) is 9.59 Å². The highest BCUT2D eigenvalue weighted by molar-refractivity contribution is 5.83. The second-order valence-electron chi connectivity index (χ2n) is 4.48. The second kappa shape index (κ2) is 15.0. The van der Waals surface area contributed by atoms with E-state index in [-0.39, 0.29) is 0 Å². The summed E-state index contributed by atoms with van der Waals surface area (Å²) in [4.78, 5) is 19.5. The largest absolute Gasteiger partial charge is 0.479 e. The van der Waals surface area contributed by atoms with Gasteiger partial charge in [-0.1, -0.05) is 44.8 Å². The van der Waals surface area contributed by atoms with Crippen molar-refractivity contribution in [1.29, 1.82) is 0 Å². The van der Waals surface area contributed by atoms with Gasteiger partial charge in [0.15, 0.2) is 12.2 Å². The molecular formula is C14H27NO6. The number of carbonyl (C=O) groups is 2. The standard InChI is InChI=1S/C10H21N.C4H6O6/c1-2-3-4-5-6-7-8-9-10-11;5-1(3(7)8)2(6)4(9)10/h8-9H,2-7,10-11H2,1H3;1-2,5-6H,(H,7,8)(H,9,10). The number of aliphatic hydroxyl groups excluding tert-OH is 2. The van der Waals surface area contributed by atoms with Crippen LogP contribution in [0, 0.1) is 0 Å². The maximum Gasteiger partial charge on any atom is 0.335 e. The maximum atomic E-state index is 9.77. The van der Waals surface area contributed by atoms with Crippen LogP contribution in [0.2, 0.25) is 0 Å². The Labute approximate surface area is 125 Å². The van der Waals surface area contributed by atoms with Crippen molar-refractivity contribution >= 4 is 11.9 Å². The van der Waals surface area contributed by atoms with Crippen LogP contribution < -0.4 is 5.73 Å². The summed E-state index contributed by atoms with van der Waals surface area (Å²) in [5.74, 6) is -3.54. The van der Waals surface area contributed by atoms with E-state index in [0.717, 1.165) is 0 Å². The molecule has 0 aromatic rings. The summed E-state index contributed by atoms with van der Waals surface area (Å²) in [6, 6.07) is 0. The Morgan fingerprint density at radius 3 is 1.81 bits per heavy atom. The number of unbranched alkanes of at least 4 members (excludes halogenated alkanes) is 5. The van der Waals surface area contributed by atoms with Crippen LogP contribution in [0.25, 0.3) is 0 Å². The molecule has 0 aliphatic rings. The first-order valence-corrected chi connectivity index (χ1v) is 7.05. The number of nitrogens with two attached hydrogens (primary N) is 1. The summed E-state index contributed by atoms with van der Waals surface area (Å²) in [5, 5.41) is 32.5. The Morgan fingerprint density at radius 2 is 1.43 bits per heavy atom. The first-order valence-electron chi connectivity index (χ1n) is 7.05. The second-order valence-corrected chi connectivity index (χ2v) is 4.48. The molecule has 0 rings (SSSR count). The van der Waals surface area contributed by atoms with Gasteiger partial charge in [0.2, 0.25) is 0 Å². The van der Waals surface area contributed by atoms with E-state index in [1.54, 1.807) is 0 Å². The molecule has 21 heavy (non-hydrogen) atoms. The monoisotopic (exact) mass is 305 g/mol. The zero-order chi connectivity index (χ0) is 16.7. The van der Waals surface area contributed by atoms with E-state index in [4.69, 9.17) is 26.2 Å². The van der Waals surface area contributed by atoms with Crippen LogP contribution in [0.4, 0.5) is 0 Å². The molecule has 0 saturated carbocycles. The van der Waals surface area contributed by atoms with E-state index >= 15 is 0 Å². The zero-order valence-corrected chi connectivity index (χ0v) is 12.4. The molecule has 0 aromatic heterocycles. The molecule has 0 aliphatic carbocycles. The summed E-state index contributed by atoms with van der Waals surface area (Å²) in [7, 11) is 0. The lowest BCUT2D eigenvalue weighted by Crippen LogP contribution is -2.39. The molecule has 0 spiro atoms. The normalized spacial score (nSPS) is 13.3. The highest BCUT2D eigenvalue weighted by atomic mass is 16.4. The van der Waals surface area contributed by atoms with Crippen molar-refractivity contribution in [1.82, 2.24) is 0 Å². The van der Waals surface area contributed by atoms with Gasteiger partial charge in [-0.2, -0.15) is 0 Å². The molecule has 0 aliphatic heterocycles. The molecule has 6 N–H and O–H groups in total. The summed E-state index contributed by atoms with van der Waals surface area (Å²) in [5.41, 5.74) is 5.30. The van der Waals surface area contributed by atoms with Crippen molar-refractivity contribution in [3.05, 3.63) is 12.2 Å². The van der Waals surface area contributed by atoms with Crippen LogP contribution in [-0.4, -0.2) is 51.1 Å². The molecule has 0 radical (unpaired) electrons. The number of aliphatic carboxylic acids is 2. The van der Waals surface area contributed by atoms with Gasteiger partial charge < -0.3 is 26.2 Å². The average molecular weight is 305 g/mol. The Balaban J connectivity index is 0. The van der Waals surface area contributed by atoms with Crippen molar-refractivity contribution in [2.24, 2.45) is 5.73 Å². The van der Waals surface area contributed by atoms with Crippen LogP contribution in [0.5, 0.6) is 0 Å². The van der Waals surface area contributed by atoms with Gasteiger partial charge in [-0.05, 0) is 12.8 Å². The van der Waals surface area contributed by atoms with Crippen molar-refractivity contribution in [2.45, 2.75) is 57.7 Å². The van der Waals surface area contributed by atoms with Gasteiger partial charge in [-0.15, -0.1) is 0 Å². The van der Waals surface area contributed by atoms with Crippen molar-refractivity contribution in [2.75, 3.05) is 6.54 Å². The fourth-order valence-corrected chi connectivity index (χ4v) is 1.35. The Morgan fingerprint density at radius 1 is 0.952 bits per heavy atom. The summed E-state index contributed by atoms with van der Waals surface area (Å²) in [6.07, 6.45) is 7.73. The Hall–Kier alpha value is -1.44. The quantitative estimate of drug-likeness (QED) is 0.296. The number of carboxylic acid groups (broad SMARTS) is 2. The Kier molecular flexibility index (Phi) is 15.6. The number of allylic oxidation sites excluding steroid dienone is 1. The van der Waals surface area contributed by atoms with Crippen LogP contribution in [0.15, 0.2) is 12.2 Å². The van der Waals surface area contributed by atoms with Gasteiger partial charge in [0, 0.05) is 6.54 Å². The number of hydrogen-bond donors (Lipinski definition) is 5. The first kappa shape index (κ1) is 21.9. The number of rotatable bonds is 10. The molecule has 0 saturated heterocycles. The molecule has 124 valence electrons.